The van der Waals surface area contributed by atoms with Crippen molar-refractivity contribution in [3.8, 4) is 0 Å². The summed E-state index contributed by atoms with van der Waals surface area (Å²) in [5, 5.41) is 2.42. The monoisotopic (exact) mass is 334 g/mol. The van der Waals surface area contributed by atoms with Crippen molar-refractivity contribution in [3.63, 3.8) is 0 Å². The topological polar surface area (TPSA) is 62.6 Å². The standard InChI is InChI=1S/C17H16F2N2O3/c18-13-1-2-14(19)15(9-13)20-16(22)11-3-6-21(7-4-11)17(23)12-5-8-24-10-12/h1-2,5,8-11H,3-4,6-7H2,(H,20,22). The number of furan rings is 1. The van der Waals surface area contributed by atoms with Crippen LogP contribution in [0.1, 0.15) is 23.2 Å². The molecule has 0 radical (unpaired) electrons. The Kier molecular flexibility index (Phi) is 4.59. The predicted molar refractivity (Wildman–Crippen MR) is 82.3 cm³/mol. The Morgan fingerprint density at radius 3 is 2.58 bits per heavy atom. The van der Waals surface area contributed by atoms with E-state index in [-0.39, 0.29) is 23.4 Å². The second-order valence-corrected chi connectivity index (χ2v) is 5.69. The second kappa shape index (κ2) is 6.82. The largest absolute Gasteiger partial charge is 0.472 e. The number of halogens is 2. The third-order valence-corrected chi connectivity index (χ3v) is 4.11. The van der Waals surface area contributed by atoms with Crippen molar-refractivity contribution < 1.29 is 22.8 Å². The Bertz CT molecular complexity index is 738. The molecule has 1 aromatic carbocycles. The van der Waals surface area contributed by atoms with Crippen LogP contribution < -0.4 is 5.32 Å². The van der Waals surface area contributed by atoms with Crippen LogP contribution in [0, 0.1) is 17.6 Å². The minimum absolute atomic E-state index is 0.140. The molecule has 2 heterocycles. The van der Waals surface area contributed by atoms with Gasteiger partial charge in [-0.1, -0.05) is 0 Å². The molecule has 0 bridgehead atoms. The lowest BCUT2D eigenvalue weighted by Gasteiger charge is -2.31. The number of hydrogen-bond donors (Lipinski definition) is 1. The molecule has 0 atom stereocenters. The molecule has 1 saturated heterocycles. The Balaban J connectivity index is 1.57. The molecule has 1 aliphatic rings. The number of carbonyl (C=O) groups excluding carboxylic acids is 2. The molecular weight excluding hydrogens is 318 g/mol. The van der Waals surface area contributed by atoms with Crippen molar-refractivity contribution in [3.05, 3.63) is 54.0 Å². The highest BCUT2D eigenvalue weighted by molar-refractivity contribution is 5.95. The van der Waals surface area contributed by atoms with E-state index < -0.39 is 11.6 Å². The van der Waals surface area contributed by atoms with Gasteiger partial charge < -0.3 is 14.6 Å². The summed E-state index contributed by atoms with van der Waals surface area (Å²) in [6.07, 6.45) is 3.74. The zero-order valence-electron chi connectivity index (χ0n) is 12.8. The molecule has 7 heteroatoms. The molecule has 1 aliphatic heterocycles. The molecule has 24 heavy (non-hydrogen) atoms. The molecule has 1 N–H and O–H groups in total. The average Bonchev–Trinajstić information content (AvgIpc) is 3.12. The SMILES string of the molecule is O=C(Nc1cc(F)ccc1F)C1CCN(C(=O)c2ccoc2)CC1. The number of nitrogens with zero attached hydrogens (tertiary/aromatic N) is 1. The van der Waals surface area contributed by atoms with Gasteiger partial charge >= 0.3 is 0 Å². The molecule has 1 fully saturated rings. The number of rotatable bonds is 3. The molecular formula is C17H16F2N2O3. The van der Waals surface area contributed by atoms with E-state index in [4.69, 9.17) is 4.42 Å². The number of amides is 2. The predicted octanol–water partition coefficient (Wildman–Crippen LogP) is 3.05. The Morgan fingerprint density at radius 2 is 1.92 bits per heavy atom. The van der Waals surface area contributed by atoms with E-state index >= 15 is 0 Å². The zero-order valence-corrected chi connectivity index (χ0v) is 12.8. The van der Waals surface area contributed by atoms with E-state index in [9.17, 15) is 18.4 Å². The summed E-state index contributed by atoms with van der Waals surface area (Å²) in [5.74, 6) is -2.15. The van der Waals surface area contributed by atoms with Crippen LogP contribution in [-0.2, 0) is 4.79 Å². The number of benzene rings is 1. The van der Waals surface area contributed by atoms with Gasteiger partial charge in [-0.05, 0) is 31.0 Å². The maximum absolute atomic E-state index is 13.6. The van der Waals surface area contributed by atoms with Gasteiger partial charge in [0.15, 0.2) is 0 Å². The van der Waals surface area contributed by atoms with Gasteiger partial charge in [-0.15, -0.1) is 0 Å². The fourth-order valence-electron chi connectivity index (χ4n) is 2.74. The number of likely N-dealkylation sites (tertiary alicyclic amines) is 1. The van der Waals surface area contributed by atoms with Crippen molar-refractivity contribution in [2.24, 2.45) is 5.92 Å². The van der Waals surface area contributed by atoms with Gasteiger partial charge in [0, 0.05) is 25.1 Å². The summed E-state index contributed by atoms with van der Waals surface area (Å²) in [4.78, 5) is 26.1. The van der Waals surface area contributed by atoms with Crippen LogP contribution in [0.4, 0.5) is 14.5 Å². The number of anilines is 1. The maximum atomic E-state index is 13.6. The summed E-state index contributed by atoms with van der Waals surface area (Å²) >= 11 is 0. The molecule has 2 aromatic rings. The first kappa shape index (κ1) is 16.2. The lowest BCUT2D eigenvalue weighted by atomic mass is 9.95. The van der Waals surface area contributed by atoms with Crippen LogP contribution in [-0.4, -0.2) is 29.8 Å². The molecule has 1 aromatic heterocycles. The number of hydrogen-bond acceptors (Lipinski definition) is 3. The van der Waals surface area contributed by atoms with Gasteiger partial charge in [0.05, 0.1) is 17.5 Å². The van der Waals surface area contributed by atoms with Crippen LogP contribution in [0.2, 0.25) is 0 Å². The van der Waals surface area contributed by atoms with Crippen molar-refractivity contribution in [2.75, 3.05) is 18.4 Å². The molecule has 126 valence electrons. The van der Waals surface area contributed by atoms with Crippen LogP contribution in [0.15, 0.2) is 41.2 Å². The number of nitrogens with one attached hydrogen (secondary N) is 1. The van der Waals surface area contributed by atoms with E-state index in [2.05, 4.69) is 5.32 Å². The first-order chi connectivity index (χ1) is 11.5. The number of piperidine rings is 1. The van der Waals surface area contributed by atoms with Gasteiger partial charge in [0.2, 0.25) is 5.91 Å². The average molecular weight is 334 g/mol. The van der Waals surface area contributed by atoms with E-state index in [1.807, 2.05) is 0 Å². The third-order valence-electron chi connectivity index (χ3n) is 4.11. The van der Waals surface area contributed by atoms with Gasteiger partial charge in [-0.2, -0.15) is 0 Å². The lowest BCUT2D eigenvalue weighted by Crippen LogP contribution is -2.41. The maximum Gasteiger partial charge on any atom is 0.257 e. The first-order valence-electron chi connectivity index (χ1n) is 7.62. The van der Waals surface area contributed by atoms with Gasteiger partial charge in [-0.25, -0.2) is 8.78 Å². The number of carbonyl (C=O) groups is 2. The zero-order chi connectivity index (χ0) is 17.1. The minimum Gasteiger partial charge on any atom is -0.472 e. The highest BCUT2D eigenvalue weighted by Crippen LogP contribution is 2.22. The van der Waals surface area contributed by atoms with Gasteiger partial charge in [-0.3, -0.25) is 9.59 Å². The van der Waals surface area contributed by atoms with Crippen LogP contribution >= 0.6 is 0 Å². The quantitative estimate of drug-likeness (QED) is 0.938. The smallest absolute Gasteiger partial charge is 0.257 e. The summed E-state index contributed by atoms with van der Waals surface area (Å²) in [6, 6.07) is 4.50. The summed E-state index contributed by atoms with van der Waals surface area (Å²) in [5.41, 5.74) is 0.302. The van der Waals surface area contributed by atoms with Gasteiger partial charge in [0.1, 0.15) is 17.9 Å². The molecule has 0 aliphatic carbocycles. The molecule has 3 rings (SSSR count). The Labute approximate surface area is 137 Å². The van der Waals surface area contributed by atoms with E-state index in [0.29, 0.717) is 31.5 Å². The second-order valence-electron chi connectivity index (χ2n) is 5.69. The van der Waals surface area contributed by atoms with Crippen molar-refractivity contribution in [1.82, 2.24) is 4.90 Å². The Morgan fingerprint density at radius 1 is 1.17 bits per heavy atom. The van der Waals surface area contributed by atoms with E-state index in [1.165, 1.54) is 12.5 Å². The summed E-state index contributed by atoms with van der Waals surface area (Å²) in [6.45, 7) is 0.849. The van der Waals surface area contributed by atoms with Crippen molar-refractivity contribution in [2.45, 2.75) is 12.8 Å². The fraction of sp³-hybridized carbons (Fsp3) is 0.294. The van der Waals surface area contributed by atoms with Gasteiger partial charge in [0.25, 0.3) is 5.91 Å². The van der Waals surface area contributed by atoms with Crippen LogP contribution in [0.25, 0.3) is 0 Å². The lowest BCUT2D eigenvalue weighted by molar-refractivity contribution is -0.121. The minimum atomic E-state index is -0.683. The molecule has 5 nitrogen and oxygen atoms in total. The Hall–Kier alpha value is -2.70. The highest BCUT2D eigenvalue weighted by Gasteiger charge is 2.28. The molecule has 2 amide bonds. The third kappa shape index (κ3) is 3.45. The molecule has 0 spiro atoms. The normalized spacial score (nSPS) is 15.3. The van der Waals surface area contributed by atoms with Crippen LogP contribution in [0.5, 0.6) is 0 Å². The van der Waals surface area contributed by atoms with E-state index in [1.54, 1.807) is 11.0 Å². The summed E-state index contributed by atoms with van der Waals surface area (Å²) < 4.78 is 31.6. The van der Waals surface area contributed by atoms with E-state index in [0.717, 1.165) is 18.2 Å². The van der Waals surface area contributed by atoms with Crippen molar-refractivity contribution in [1.29, 1.82) is 0 Å². The van der Waals surface area contributed by atoms with Crippen molar-refractivity contribution >= 4 is 17.5 Å². The fourth-order valence-corrected chi connectivity index (χ4v) is 2.74. The first-order valence-corrected chi connectivity index (χ1v) is 7.62. The van der Waals surface area contributed by atoms with Crippen LogP contribution in [0.3, 0.4) is 0 Å². The summed E-state index contributed by atoms with van der Waals surface area (Å²) in [7, 11) is 0. The highest BCUT2D eigenvalue weighted by atomic mass is 19.1. The molecule has 0 saturated carbocycles. The molecule has 0 unspecified atom stereocenters.